The number of hydrogen-bond donors (Lipinski definition) is 0. The fraction of sp³-hybridized carbons (Fsp3) is 0.756. The van der Waals surface area contributed by atoms with E-state index in [1.807, 2.05) is 18.2 Å². The summed E-state index contributed by atoms with van der Waals surface area (Å²) in [5.74, 6) is -0.772. The maximum atomic E-state index is 14.0. The summed E-state index contributed by atoms with van der Waals surface area (Å²) in [6, 6.07) is 9.08. The Morgan fingerprint density at radius 3 is 1.68 bits per heavy atom. The maximum Gasteiger partial charge on any atom is 0.338 e. The minimum atomic E-state index is -2.52. The number of hydrogen-bond acceptors (Lipinski definition) is 8. The van der Waals surface area contributed by atoms with E-state index in [9.17, 15) is 9.59 Å². The molecule has 0 aliphatic carbocycles. The van der Waals surface area contributed by atoms with Gasteiger partial charge < -0.3 is 27.5 Å². The van der Waals surface area contributed by atoms with Crippen LogP contribution < -0.4 is 0 Å². The lowest BCUT2D eigenvalue weighted by atomic mass is 9.90. The molecule has 53 heavy (non-hydrogen) atoms. The van der Waals surface area contributed by atoms with E-state index in [2.05, 4.69) is 133 Å². The van der Waals surface area contributed by atoms with Gasteiger partial charge in [-0.1, -0.05) is 112 Å². The molecule has 1 fully saturated rings. The third-order valence-electron chi connectivity index (χ3n) is 11.7. The van der Waals surface area contributed by atoms with Crippen molar-refractivity contribution in [2.24, 2.45) is 0 Å². The van der Waals surface area contributed by atoms with Gasteiger partial charge in [0.2, 0.25) is 0 Å². The van der Waals surface area contributed by atoms with Crippen molar-refractivity contribution in [2.75, 3.05) is 6.61 Å². The van der Waals surface area contributed by atoms with E-state index in [-0.39, 0.29) is 27.7 Å². The first-order chi connectivity index (χ1) is 23.8. The van der Waals surface area contributed by atoms with Crippen LogP contribution in [0.1, 0.15) is 92.4 Å². The average Bonchev–Trinajstić information content (AvgIpc) is 2.97. The second-order valence-corrected chi connectivity index (χ2v) is 39.9. The molecule has 1 aliphatic rings. The Balaban J connectivity index is 2.99. The van der Waals surface area contributed by atoms with E-state index in [0.717, 1.165) is 0 Å². The molecule has 6 atom stereocenters. The molecule has 0 amide bonds. The first kappa shape index (κ1) is 47.8. The molecule has 0 bridgehead atoms. The predicted molar refractivity (Wildman–Crippen MR) is 229 cm³/mol. The van der Waals surface area contributed by atoms with Crippen LogP contribution in [0.25, 0.3) is 0 Å². The van der Waals surface area contributed by atoms with Crippen LogP contribution in [0.4, 0.5) is 0 Å². The quantitative estimate of drug-likeness (QED) is 0.0983. The van der Waals surface area contributed by atoms with Crippen molar-refractivity contribution in [1.82, 2.24) is 0 Å². The minimum absolute atomic E-state index is 0.0586. The largest absolute Gasteiger partial charge is 0.466 e. The van der Waals surface area contributed by atoms with Crippen molar-refractivity contribution in [3.05, 3.63) is 47.7 Å². The summed E-state index contributed by atoms with van der Waals surface area (Å²) in [5, 5.41) is -0.326. The van der Waals surface area contributed by atoms with Crippen LogP contribution in [0.15, 0.2) is 42.1 Å². The summed E-state index contributed by atoms with van der Waals surface area (Å²) in [5.41, 5.74) is 2.80. The first-order valence-electron chi connectivity index (χ1n) is 19.6. The third-order valence-corrected chi connectivity index (χ3v) is 26.3. The van der Waals surface area contributed by atoms with Crippen LogP contribution in [0.2, 0.25) is 74.0 Å². The highest BCUT2D eigenvalue weighted by Gasteiger charge is 2.57. The molecule has 4 unspecified atom stereocenters. The zero-order chi connectivity index (χ0) is 41.0. The summed E-state index contributed by atoms with van der Waals surface area (Å²) in [6.45, 7) is 42.3. The van der Waals surface area contributed by atoms with E-state index in [1.165, 1.54) is 6.92 Å². The van der Waals surface area contributed by atoms with Gasteiger partial charge >= 0.3 is 11.9 Å². The molecule has 0 aromatic heterocycles. The second kappa shape index (κ2) is 17.8. The number of carbonyl (C=O) groups excluding carboxylic acids is 2. The van der Waals surface area contributed by atoms with Crippen molar-refractivity contribution in [3.63, 3.8) is 0 Å². The minimum Gasteiger partial charge on any atom is -0.466 e. The number of esters is 2. The topological polar surface area (TPSA) is 89.5 Å². The molecule has 1 aromatic rings. The molecule has 0 radical (unpaired) electrons. The lowest BCUT2D eigenvalue weighted by molar-refractivity contribution is -0.230. The monoisotopic (exact) mass is 808 g/mol. The molecule has 0 saturated carbocycles. The zero-order valence-corrected chi connectivity index (χ0v) is 40.9. The van der Waals surface area contributed by atoms with Crippen LogP contribution in [0, 0.1) is 0 Å². The molecule has 12 heteroatoms. The van der Waals surface area contributed by atoms with Crippen molar-refractivity contribution in [3.8, 4) is 0 Å². The average molecular weight is 809 g/mol. The summed E-state index contributed by atoms with van der Waals surface area (Å²) in [7, 11) is -9.07. The number of carbonyl (C=O) groups is 2. The Bertz CT molecular complexity index is 1370. The lowest BCUT2D eigenvalue weighted by Crippen LogP contribution is -2.68. The lowest BCUT2D eigenvalue weighted by Gasteiger charge is -2.54. The van der Waals surface area contributed by atoms with Gasteiger partial charge in [0.15, 0.2) is 31.1 Å². The molecule has 304 valence electrons. The summed E-state index contributed by atoms with van der Waals surface area (Å²) >= 11 is 0. The van der Waals surface area contributed by atoms with E-state index >= 15 is 0 Å². The molecule has 0 N–H and O–H groups in total. The van der Waals surface area contributed by atoms with Gasteiger partial charge in [-0.3, -0.25) is 4.79 Å². The fourth-order valence-corrected chi connectivity index (χ4v) is 9.88. The second-order valence-electron chi connectivity index (χ2n) is 20.6. The molecule has 1 heterocycles. The third kappa shape index (κ3) is 13.6. The van der Waals surface area contributed by atoms with Gasteiger partial charge in [-0.2, -0.15) is 0 Å². The van der Waals surface area contributed by atoms with Gasteiger partial charge in [0.1, 0.15) is 18.3 Å². The smallest absolute Gasteiger partial charge is 0.338 e. The first-order valence-corrected chi connectivity index (χ1v) is 31.9. The molecular formula is C41H76O8Si4. The van der Waals surface area contributed by atoms with E-state index in [4.69, 9.17) is 27.5 Å². The molecule has 8 nitrogen and oxygen atoms in total. The van der Waals surface area contributed by atoms with E-state index in [1.54, 1.807) is 12.1 Å². The van der Waals surface area contributed by atoms with Gasteiger partial charge in [0.25, 0.3) is 0 Å². The van der Waals surface area contributed by atoms with Gasteiger partial charge in [0.05, 0.1) is 32.5 Å². The van der Waals surface area contributed by atoms with Crippen LogP contribution in [0.3, 0.4) is 0 Å². The molecule has 1 aliphatic heterocycles. The van der Waals surface area contributed by atoms with E-state index in [0.29, 0.717) is 18.4 Å². The Labute approximate surface area is 327 Å². The standard InChI is InChI=1S/C41H76O8Si4/c1-30(42)44-28-23-26-32-34(46-38(43)31-24-21-20-22-25-31)36(48-52(16,17)40(5,6)7)37(49-53(18,19)41(8,9)10)35(45-32)33(27-29-50(11,12)13)47-51(14,15)39(2,3)4/h20-22,24-25,27,29,32-37H,23,26,28H2,1-19H3/b29-27+/t32-,33?,34?,35-,36?,37?/m0/s1. The molecule has 1 saturated heterocycles. The van der Waals surface area contributed by atoms with Crippen LogP contribution in [-0.4, -0.2) is 88.2 Å². The van der Waals surface area contributed by atoms with Crippen molar-refractivity contribution >= 4 is 45.0 Å². The highest BCUT2D eigenvalue weighted by molar-refractivity contribution is 6.81. The molecule has 0 spiro atoms. The maximum absolute atomic E-state index is 14.0. The molecule has 2 rings (SSSR count). The normalized spacial score (nSPS) is 23.2. The van der Waals surface area contributed by atoms with Crippen LogP contribution in [0.5, 0.6) is 0 Å². The molecular weight excluding hydrogens is 733 g/mol. The predicted octanol–water partition coefficient (Wildman–Crippen LogP) is 10.9. The summed E-state index contributed by atoms with van der Waals surface area (Å²) < 4.78 is 41.7. The van der Waals surface area contributed by atoms with Gasteiger partial charge in [-0.25, -0.2) is 4.79 Å². The highest BCUT2D eigenvalue weighted by atomic mass is 28.4. The van der Waals surface area contributed by atoms with Crippen LogP contribution >= 0.6 is 0 Å². The Kier molecular flexibility index (Phi) is 16.1. The zero-order valence-electron chi connectivity index (χ0n) is 36.9. The van der Waals surface area contributed by atoms with Crippen LogP contribution in [-0.2, 0) is 32.3 Å². The van der Waals surface area contributed by atoms with Gasteiger partial charge in [0, 0.05) is 6.92 Å². The van der Waals surface area contributed by atoms with Crippen molar-refractivity contribution < 1.29 is 37.1 Å². The van der Waals surface area contributed by atoms with Crippen molar-refractivity contribution in [1.29, 1.82) is 0 Å². The Hall–Kier alpha value is -1.39. The van der Waals surface area contributed by atoms with Gasteiger partial charge in [-0.05, 0) is 79.4 Å². The Morgan fingerprint density at radius 2 is 1.23 bits per heavy atom. The fourth-order valence-electron chi connectivity index (χ4n) is 5.27. The Morgan fingerprint density at radius 1 is 0.736 bits per heavy atom. The number of benzene rings is 1. The van der Waals surface area contributed by atoms with Gasteiger partial charge in [-0.15, -0.1) is 0 Å². The number of ether oxygens (including phenoxy) is 3. The highest BCUT2D eigenvalue weighted by Crippen LogP contribution is 2.46. The summed E-state index contributed by atoms with van der Waals surface area (Å²) in [6.07, 6.45) is -0.408. The van der Waals surface area contributed by atoms with E-state index < -0.39 is 75.6 Å². The number of rotatable bonds is 15. The summed E-state index contributed by atoms with van der Waals surface area (Å²) in [4.78, 5) is 25.8. The SMILES string of the molecule is CC(=O)OCCC[C@@H]1O[C@@H](C(/C=C/[Si](C)(C)C)O[Si](C)(C)C(C)(C)C)C(O[Si](C)(C)C(C)(C)C)C(O[Si](C)(C)C(C)(C)C)C1OC(=O)c1ccccc1. The molecule has 1 aromatic carbocycles. The van der Waals surface area contributed by atoms with Crippen molar-refractivity contribution in [2.45, 2.75) is 193 Å².